The van der Waals surface area contributed by atoms with E-state index in [0.717, 1.165) is 3.57 Å². The van der Waals surface area contributed by atoms with Crippen molar-refractivity contribution in [2.75, 3.05) is 7.11 Å². The molecule has 0 saturated carbocycles. The van der Waals surface area contributed by atoms with Crippen LogP contribution in [-0.2, 0) is 11.3 Å². The highest BCUT2D eigenvalue weighted by molar-refractivity contribution is 14.1. The van der Waals surface area contributed by atoms with Crippen LogP contribution in [0.25, 0.3) is 0 Å². The third kappa shape index (κ3) is 2.67. The Kier molecular flexibility index (Phi) is 3.68. The van der Waals surface area contributed by atoms with Gasteiger partial charge in [-0.15, -0.1) is 0 Å². The maximum Gasteiger partial charge on any atom is 0.337 e. The van der Waals surface area contributed by atoms with E-state index >= 15 is 0 Å². The maximum atomic E-state index is 11.1. The molecule has 1 aromatic rings. The van der Waals surface area contributed by atoms with Crippen LogP contribution in [0, 0.1) is 3.57 Å². The first-order valence-electron chi connectivity index (χ1n) is 3.66. The minimum atomic E-state index is -0.381. The molecule has 3 nitrogen and oxygen atoms in total. The molecule has 0 fully saturated rings. The van der Waals surface area contributed by atoms with E-state index in [-0.39, 0.29) is 12.6 Å². The minimum absolute atomic E-state index is 0.0686. The zero-order chi connectivity index (χ0) is 9.84. The summed E-state index contributed by atoms with van der Waals surface area (Å²) < 4.78 is 5.47. The molecule has 1 N–H and O–H groups in total. The number of rotatable bonds is 2. The Morgan fingerprint density at radius 1 is 1.54 bits per heavy atom. The van der Waals surface area contributed by atoms with Crippen LogP contribution in [0.1, 0.15) is 15.9 Å². The van der Waals surface area contributed by atoms with Crippen molar-refractivity contribution in [3.05, 3.63) is 32.9 Å². The summed E-state index contributed by atoms with van der Waals surface area (Å²) in [4.78, 5) is 11.1. The van der Waals surface area contributed by atoms with Crippen LogP contribution in [0.2, 0.25) is 0 Å². The zero-order valence-corrected chi connectivity index (χ0v) is 9.24. The van der Waals surface area contributed by atoms with Gasteiger partial charge in [-0.05, 0) is 46.4 Å². The van der Waals surface area contributed by atoms with Crippen molar-refractivity contribution in [1.82, 2.24) is 0 Å². The van der Waals surface area contributed by atoms with Gasteiger partial charge in [-0.2, -0.15) is 0 Å². The second-order valence-corrected chi connectivity index (χ2v) is 3.74. The second-order valence-electron chi connectivity index (χ2n) is 2.50. The third-order valence-corrected chi connectivity index (χ3v) is 2.18. The Labute approximate surface area is 89.9 Å². The molecule has 0 spiro atoms. The number of hydrogen-bond donors (Lipinski definition) is 1. The Morgan fingerprint density at radius 2 is 2.23 bits per heavy atom. The van der Waals surface area contributed by atoms with Gasteiger partial charge in [-0.3, -0.25) is 0 Å². The normalized spacial score (nSPS) is 9.77. The average molecular weight is 292 g/mol. The summed E-state index contributed by atoms with van der Waals surface area (Å²) >= 11 is 2.09. The summed E-state index contributed by atoms with van der Waals surface area (Å²) in [6.45, 7) is -0.0686. The molecule has 0 amide bonds. The predicted molar refractivity (Wildman–Crippen MR) is 56.4 cm³/mol. The van der Waals surface area contributed by atoms with Gasteiger partial charge in [-0.25, -0.2) is 4.79 Å². The van der Waals surface area contributed by atoms with Crippen LogP contribution in [0.5, 0.6) is 0 Å². The highest BCUT2D eigenvalue weighted by atomic mass is 127. The Hall–Kier alpha value is -0.620. The van der Waals surface area contributed by atoms with Crippen LogP contribution in [-0.4, -0.2) is 18.2 Å². The summed E-state index contributed by atoms with van der Waals surface area (Å²) in [5.41, 5.74) is 1.19. The smallest absolute Gasteiger partial charge is 0.337 e. The van der Waals surface area contributed by atoms with Crippen LogP contribution in [0.15, 0.2) is 18.2 Å². The topological polar surface area (TPSA) is 46.5 Å². The molecule has 0 atom stereocenters. The molecule has 0 aliphatic heterocycles. The van der Waals surface area contributed by atoms with E-state index in [2.05, 4.69) is 27.3 Å². The SMILES string of the molecule is COC(=O)c1cc(I)cc(CO)c1. The van der Waals surface area contributed by atoms with Gasteiger partial charge in [0.15, 0.2) is 0 Å². The van der Waals surface area contributed by atoms with Gasteiger partial charge >= 0.3 is 5.97 Å². The van der Waals surface area contributed by atoms with Gasteiger partial charge in [0.25, 0.3) is 0 Å². The van der Waals surface area contributed by atoms with Crippen molar-refractivity contribution >= 4 is 28.6 Å². The van der Waals surface area contributed by atoms with Crippen molar-refractivity contribution in [3.8, 4) is 0 Å². The van der Waals surface area contributed by atoms with Crippen molar-refractivity contribution in [2.45, 2.75) is 6.61 Å². The zero-order valence-electron chi connectivity index (χ0n) is 7.08. The number of aliphatic hydroxyl groups is 1. The van der Waals surface area contributed by atoms with Gasteiger partial charge in [0.05, 0.1) is 19.3 Å². The predicted octanol–water partition coefficient (Wildman–Crippen LogP) is 1.57. The molecule has 0 saturated heterocycles. The van der Waals surface area contributed by atoms with Gasteiger partial charge in [0, 0.05) is 3.57 Å². The minimum Gasteiger partial charge on any atom is -0.465 e. The molecule has 13 heavy (non-hydrogen) atoms. The van der Waals surface area contributed by atoms with Gasteiger partial charge in [-0.1, -0.05) is 0 Å². The number of halogens is 1. The number of ether oxygens (including phenoxy) is 1. The summed E-state index contributed by atoms with van der Waals surface area (Å²) in [5.74, 6) is -0.381. The number of carbonyl (C=O) groups is 1. The lowest BCUT2D eigenvalue weighted by atomic mass is 10.1. The summed E-state index contributed by atoms with van der Waals surface area (Å²) in [6, 6.07) is 5.15. The molecule has 1 rings (SSSR count). The lowest BCUT2D eigenvalue weighted by molar-refractivity contribution is 0.0600. The van der Waals surface area contributed by atoms with Crippen LogP contribution >= 0.6 is 22.6 Å². The highest BCUT2D eigenvalue weighted by Gasteiger charge is 2.06. The van der Waals surface area contributed by atoms with E-state index in [1.165, 1.54) is 7.11 Å². The fraction of sp³-hybridized carbons (Fsp3) is 0.222. The molecule has 0 bridgehead atoms. The molecule has 1 aromatic carbocycles. The number of aliphatic hydroxyl groups excluding tert-OH is 1. The van der Waals surface area contributed by atoms with Crippen molar-refractivity contribution in [1.29, 1.82) is 0 Å². The first-order chi connectivity index (χ1) is 6.17. The number of benzene rings is 1. The first kappa shape index (κ1) is 10.5. The molecular weight excluding hydrogens is 283 g/mol. The Bertz CT molecular complexity index is 323. The van der Waals surface area contributed by atoms with Gasteiger partial charge < -0.3 is 9.84 Å². The molecule has 0 aliphatic rings. The maximum absolute atomic E-state index is 11.1. The molecule has 70 valence electrons. The van der Waals surface area contributed by atoms with E-state index < -0.39 is 0 Å². The first-order valence-corrected chi connectivity index (χ1v) is 4.74. The largest absolute Gasteiger partial charge is 0.465 e. The standard InChI is InChI=1S/C9H9IO3/c1-13-9(12)7-2-6(5-11)3-8(10)4-7/h2-4,11H,5H2,1H3. The molecular formula is C9H9IO3. The monoisotopic (exact) mass is 292 g/mol. The Morgan fingerprint density at radius 3 is 2.77 bits per heavy atom. The second kappa shape index (κ2) is 4.57. The van der Waals surface area contributed by atoms with Gasteiger partial charge in [0.2, 0.25) is 0 Å². The van der Waals surface area contributed by atoms with E-state index in [9.17, 15) is 4.79 Å². The number of carbonyl (C=O) groups excluding carboxylic acids is 1. The fourth-order valence-electron chi connectivity index (χ4n) is 0.977. The number of hydrogen-bond acceptors (Lipinski definition) is 3. The van der Waals surface area contributed by atoms with Crippen LogP contribution in [0.3, 0.4) is 0 Å². The summed E-state index contributed by atoms with van der Waals surface area (Å²) in [6.07, 6.45) is 0. The molecule has 0 aliphatic carbocycles. The van der Waals surface area contributed by atoms with Crippen molar-refractivity contribution < 1.29 is 14.6 Å². The van der Waals surface area contributed by atoms with Crippen LogP contribution < -0.4 is 0 Å². The summed E-state index contributed by atoms with van der Waals surface area (Å²) in [5, 5.41) is 8.89. The number of methoxy groups -OCH3 is 1. The molecule has 4 heteroatoms. The lowest BCUT2D eigenvalue weighted by Gasteiger charge is -2.02. The lowest BCUT2D eigenvalue weighted by Crippen LogP contribution is -2.02. The van der Waals surface area contributed by atoms with Crippen molar-refractivity contribution in [2.24, 2.45) is 0 Å². The van der Waals surface area contributed by atoms with E-state index in [0.29, 0.717) is 11.1 Å². The average Bonchev–Trinajstić information content (AvgIpc) is 2.15. The van der Waals surface area contributed by atoms with E-state index in [1.807, 2.05) is 6.07 Å². The molecule has 0 heterocycles. The van der Waals surface area contributed by atoms with Gasteiger partial charge in [0.1, 0.15) is 0 Å². The van der Waals surface area contributed by atoms with Crippen LogP contribution in [0.4, 0.5) is 0 Å². The number of esters is 1. The molecule has 0 radical (unpaired) electrons. The quantitative estimate of drug-likeness (QED) is 0.665. The molecule has 0 aromatic heterocycles. The third-order valence-electron chi connectivity index (χ3n) is 1.56. The highest BCUT2D eigenvalue weighted by Crippen LogP contribution is 2.13. The van der Waals surface area contributed by atoms with Crippen molar-refractivity contribution in [3.63, 3.8) is 0 Å². The van der Waals surface area contributed by atoms with E-state index in [4.69, 9.17) is 5.11 Å². The fourth-order valence-corrected chi connectivity index (χ4v) is 1.71. The van der Waals surface area contributed by atoms with E-state index in [1.54, 1.807) is 12.1 Å². The summed E-state index contributed by atoms with van der Waals surface area (Å²) in [7, 11) is 1.33. The Balaban J connectivity index is 3.08. The molecule has 0 unspecified atom stereocenters.